The number of guanidine groups is 1. The summed E-state index contributed by atoms with van der Waals surface area (Å²) >= 11 is 0. The summed E-state index contributed by atoms with van der Waals surface area (Å²) in [6, 6.07) is 8.66. The van der Waals surface area contributed by atoms with E-state index in [1.54, 1.807) is 0 Å². The molecule has 1 heterocycles. The second-order valence-corrected chi connectivity index (χ2v) is 6.68. The van der Waals surface area contributed by atoms with Crippen LogP contribution >= 0.6 is 24.0 Å². The first-order chi connectivity index (χ1) is 11.8. The predicted molar refractivity (Wildman–Crippen MR) is 113 cm³/mol. The summed E-state index contributed by atoms with van der Waals surface area (Å²) in [7, 11) is 0. The van der Waals surface area contributed by atoms with Gasteiger partial charge < -0.3 is 15.4 Å². The van der Waals surface area contributed by atoms with E-state index in [0.717, 1.165) is 64.4 Å². The Morgan fingerprint density at radius 1 is 1.16 bits per heavy atom. The number of nitrogens with one attached hydrogen (secondary N) is 2. The second-order valence-electron chi connectivity index (χ2n) is 6.68. The van der Waals surface area contributed by atoms with E-state index in [1.165, 1.54) is 24.0 Å². The number of morpholine rings is 1. The lowest BCUT2D eigenvalue weighted by molar-refractivity contribution is 0.0341. The summed E-state index contributed by atoms with van der Waals surface area (Å²) in [5.41, 5.74) is 2.69. The van der Waals surface area contributed by atoms with Gasteiger partial charge in [0.1, 0.15) is 0 Å². The number of halogens is 1. The molecule has 0 unspecified atom stereocenters. The van der Waals surface area contributed by atoms with Crippen molar-refractivity contribution in [3.05, 3.63) is 35.4 Å². The zero-order valence-electron chi connectivity index (χ0n) is 15.2. The summed E-state index contributed by atoms with van der Waals surface area (Å²) in [6.07, 6.45) is 2.71. The van der Waals surface area contributed by atoms with Crippen LogP contribution in [0, 0.1) is 5.92 Å². The van der Waals surface area contributed by atoms with Crippen LogP contribution in [0.2, 0.25) is 0 Å². The van der Waals surface area contributed by atoms with Crippen molar-refractivity contribution in [2.24, 2.45) is 10.9 Å². The van der Waals surface area contributed by atoms with E-state index in [-0.39, 0.29) is 24.0 Å². The van der Waals surface area contributed by atoms with Crippen LogP contribution in [0.4, 0.5) is 0 Å². The highest BCUT2D eigenvalue weighted by Gasteiger charge is 2.21. The number of ether oxygens (including phenoxy) is 1. The van der Waals surface area contributed by atoms with Gasteiger partial charge in [-0.2, -0.15) is 0 Å². The molecule has 1 aliphatic carbocycles. The van der Waals surface area contributed by atoms with Crippen LogP contribution in [0.1, 0.15) is 30.9 Å². The average Bonchev–Trinajstić information content (AvgIpc) is 3.44. The van der Waals surface area contributed by atoms with Gasteiger partial charge in [0.25, 0.3) is 0 Å². The van der Waals surface area contributed by atoms with Crippen LogP contribution in [0.25, 0.3) is 0 Å². The Hall–Kier alpha value is -0.860. The van der Waals surface area contributed by atoms with E-state index < -0.39 is 0 Å². The normalized spacial score (nSPS) is 18.5. The molecule has 2 aliphatic rings. The quantitative estimate of drug-likeness (QED) is 0.375. The van der Waals surface area contributed by atoms with E-state index in [2.05, 4.69) is 46.7 Å². The number of hydrogen-bond donors (Lipinski definition) is 2. The number of hydrogen-bond acceptors (Lipinski definition) is 3. The minimum absolute atomic E-state index is 0. The fourth-order valence-corrected chi connectivity index (χ4v) is 2.94. The Morgan fingerprint density at radius 2 is 1.88 bits per heavy atom. The topological polar surface area (TPSA) is 48.9 Å². The summed E-state index contributed by atoms with van der Waals surface area (Å²) in [6.45, 7) is 9.48. The second kappa shape index (κ2) is 11.0. The van der Waals surface area contributed by atoms with Gasteiger partial charge in [0.15, 0.2) is 5.96 Å². The van der Waals surface area contributed by atoms with Gasteiger partial charge in [-0.1, -0.05) is 24.3 Å². The van der Waals surface area contributed by atoms with Crippen LogP contribution in [-0.4, -0.2) is 50.3 Å². The first kappa shape index (κ1) is 20.5. The lowest BCUT2D eigenvalue weighted by Crippen LogP contribution is -2.38. The zero-order valence-corrected chi connectivity index (χ0v) is 17.5. The number of benzene rings is 1. The summed E-state index contributed by atoms with van der Waals surface area (Å²) in [5.74, 6) is 1.79. The molecule has 2 N–H and O–H groups in total. The maximum absolute atomic E-state index is 5.44. The lowest BCUT2D eigenvalue weighted by atomic mass is 10.1. The van der Waals surface area contributed by atoms with Gasteiger partial charge in [-0.15, -0.1) is 24.0 Å². The van der Waals surface area contributed by atoms with Gasteiger partial charge in [-0.25, -0.2) is 4.99 Å². The van der Waals surface area contributed by atoms with Gasteiger partial charge >= 0.3 is 0 Å². The van der Waals surface area contributed by atoms with Crippen LogP contribution in [0.3, 0.4) is 0 Å². The van der Waals surface area contributed by atoms with Gasteiger partial charge in [0.05, 0.1) is 19.8 Å². The van der Waals surface area contributed by atoms with Crippen molar-refractivity contribution in [3.63, 3.8) is 0 Å². The fourth-order valence-electron chi connectivity index (χ4n) is 2.94. The molecule has 0 spiro atoms. The molecule has 1 saturated heterocycles. The smallest absolute Gasteiger partial charge is 0.191 e. The Labute approximate surface area is 168 Å². The van der Waals surface area contributed by atoms with Crippen LogP contribution in [0.5, 0.6) is 0 Å². The van der Waals surface area contributed by atoms with Crippen molar-refractivity contribution in [1.82, 2.24) is 15.5 Å². The van der Waals surface area contributed by atoms with Crippen molar-refractivity contribution >= 4 is 29.9 Å². The summed E-state index contributed by atoms with van der Waals surface area (Å²) in [4.78, 5) is 7.25. The maximum Gasteiger partial charge on any atom is 0.191 e. The Morgan fingerprint density at radius 3 is 2.56 bits per heavy atom. The molecule has 1 aliphatic heterocycles. The average molecular weight is 458 g/mol. The monoisotopic (exact) mass is 458 g/mol. The van der Waals surface area contributed by atoms with Crippen molar-refractivity contribution in [2.45, 2.75) is 32.9 Å². The third-order valence-corrected chi connectivity index (χ3v) is 4.62. The largest absolute Gasteiger partial charge is 0.379 e. The Bertz CT molecular complexity index is 542. The van der Waals surface area contributed by atoms with Crippen molar-refractivity contribution < 1.29 is 4.74 Å². The molecule has 1 aromatic carbocycles. The molecule has 5 nitrogen and oxygen atoms in total. The van der Waals surface area contributed by atoms with E-state index in [1.807, 2.05) is 0 Å². The van der Waals surface area contributed by atoms with Gasteiger partial charge in [0.2, 0.25) is 0 Å². The first-order valence-corrected chi connectivity index (χ1v) is 9.24. The van der Waals surface area contributed by atoms with E-state index in [9.17, 15) is 0 Å². The molecule has 0 amide bonds. The third-order valence-electron chi connectivity index (χ3n) is 4.62. The molecule has 25 heavy (non-hydrogen) atoms. The molecular formula is C19H31IN4O. The van der Waals surface area contributed by atoms with Crippen molar-refractivity contribution in [2.75, 3.05) is 39.4 Å². The van der Waals surface area contributed by atoms with E-state index in [0.29, 0.717) is 0 Å². The molecule has 2 fully saturated rings. The van der Waals surface area contributed by atoms with Crippen molar-refractivity contribution in [1.29, 1.82) is 0 Å². The number of nitrogens with zero attached hydrogens (tertiary/aromatic N) is 2. The third kappa shape index (κ3) is 7.11. The summed E-state index contributed by atoms with van der Waals surface area (Å²) in [5, 5.41) is 6.81. The molecule has 1 saturated carbocycles. The van der Waals surface area contributed by atoms with Gasteiger partial charge in [-0.3, -0.25) is 4.90 Å². The lowest BCUT2D eigenvalue weighted by Gasteiger charge is -2.27. The molecule has 0 atom stereocenters. The molecule has 0 radical (unpaired) electrons. The molecule has 0 aromatic heterocycles. The highest BCUT2D eigenvalue weighted by atomic mass is 127. The highest BCUT2D eigenvalue weighted by molar-refractivity contribution is 14.0. The zero-order chi connectivity index (χ0) is 16.6. The fraction of sp³-hybridized carbons (Fsp3) is 0.632. The van der Waals surface area contributed by atoms with Crippen LogP contribution in [-0.2, 0) is 17.8 Å². The predicted octanol–water partition coefficient (Wildman–Crippen LogP) is 2.60. The minimum Gasteiger partial charge on any atom is -0.379 e. The molecule has 140 valence electrons. The van der Waals surface area contributed by atoms with Gasteiger partial charge in [0, 0.05) is 32.7 Å². The van der Waals surface area contributed by atoms with E-state index >= 15 is 0 Å². The molecule has 6 heteroatoms. The highest BCUT2D eigenvalue weighted by Crippen LogP contribution is 2.27. The Balaban J connectivity index is 0.00000225. The standard InChI is InChI=1S/C19H30N4O.HI/c1-2-20-19(21-13-16-7-8-16)22-14-17-5-3-4-6-18(17)15-23-9-11-24-12-10-23;/h3-6,16H,2,7-15H2,1H3,(H2,20,21,22);1H. The van der Waals surface area contributed by atoms with Crippen molar-refractivity contribution in [3.8, 4) is 0 Å². The first-order valence-electron chi connectivity index (χ1n) is 9.24. The molecule has 0 bridgehead atoms. The molecular weight excluding hydrogens is 427 g/mol. The number of rotatable bonds is 7. The minimum atomic E-state index is 0. The SMILES string of the molecule is CCNC(=NCc1ccccc1CN1CCOCC1)NCC1CC1.I. The van der Waals surface area contributed by atoms with E-state index in [4.69, 9.17) is 9.73 Å². The molecule has 1 aromatic rings. The number of aliphatic imine (C=N–C) groups is 1. The maximum atomic E-state index is 5.44. The van der Waals surface area contributed by atoms with Gasteiger partial charge in [-0.05, 0) is 36.8 Å². The Kier molecular flexibility index (Phi) is 8.98. The summed E-state index contributed by atoms with van der Waals surface area (Å²) < 4.78 is 5.44. The molecule has 3 rings (SSSR count). The van der Waals surface area contributed by atoms with Crippen LogP contribution < -0.4 is 10.6 Å². The van der Waals surface area contributed by atoms with Crippen LogP contribution in [0.15, 0.2) is 29.3 Å².